The second-order valence-corrected chi connectivity index (χ2v) is 6.30. The topological polar surface area (TPSA) is 111 Å². The SMILES string of the molecule is CCOC(=O)c1cnc(-c2ccccc2OCCC(C)(C)C#N)nc1N. The van der Waals surface area contributed by atoms with E-state index in [1.54, 1.807) is 13.0 Å². The second kappa shape index (κ2) is 8.30. The molecule has 2 N–H and O–H groups in total. The van der Waals surface area contributed by atoms with Crippen LogP contribution in [0, 0.1) is 16.7 Å². The molecular formula is C19H22N4O3. The molecule has 0 unspecified atom stereocenters. The lowest BCUT2D eigenvalue weighted by atomic mass is 9.92. The molecule has 0 radical (unpaired) electrons. The van der Waals surface area contributed by atoms with Crippen molar-refractivity contribution in [3.05, 3.63) is 36.0 Å². The monoisotopic (exact) mass is 354 g/mol. The first-order valence-electron chi connectivity index (χ1n) is 8.31. The Bertz CT molecular complexity index is 828. The zero-order valence-corrected chi connectivity index (χ0v) is 15.2. The van der Waals surface area contributed by atoms with Gasteiger partial charge in [-0.2, -0.15) is 5.26 Å². The van der Waals surface area contributed by atoms with Crippen LogP contribution >= 0.6 is 0 Å². The molecule has 0 atom stereocenters. The van der Waals surface area contributed by atoms with E-state index in [2.05, 4.69) is 16.0 Å². The van der Waals surface area contributed by atoms with E-state index in [0.717, 1.165) is 0 Å². The molecule has 0 fully saturated rings. The first kappa shape index (κ1) is 19.2. The fourth-order valence-electron chi connectivity index (χ4n) is 2.14. The first-order chi connectivity index (χ1) is 12.4. The molecule has 1 aromatic carbocycles. The number of para-hydroxylation sites is 1. The summed E-state index contributed by atoms with van der Waals surface area (Å²) in [6.07, 6.45) is 1.94. The van der Waals surface area contributed by atoms with Crippen LogP contribution in [0.25, 0.3) is 11.4 Å². The number of hydrogen-bond acceptors (Lipinski definition) is 7. The Morgan fingerprint density at radius 3 is 2.73 bits per heavy atom. The number of esters is 1. The van der Waals surface area contributed by atoms with Gasteiger partial charge in [0.2, 0.25) is 0 Å². The molecule has 1 aromatic heterocycles. The molecule has 0 saturated heterocycles. The summed E-state index contributed by atoms with van der Waals surface area (Å²) in [6.45, 7) is 6.06. The number of carbonyl (C=O) groups excluding carboxylic acids is 1. The van der Waals surface area contributed by atoms with Crippen LogP contribution in [0.15, 0.2) is 30.5 Å². The summed E-state index contributed by atoms with van der Waals surface area (Å²) in [4.78, 5) is 20.2. The first-order valence-corrected chi connectivity index (χ1v) is 8.31. The number of aromatic nitrogens is 2. The smallest absolute Gasteiger partial charge is 0.343 e. The van der Waals surface area contributed by atoms with E-state index in [1.807, 2.05) is 32.0 Å². The zero-order valence-electron chi connectivity index (χ0n) is 15.2. The number of carbonyl (C=O) groups is 1. The standard InChI is InChI=1S/C19H22N4O3/c1-4-25-18(24)14-11-22-17(23-16(14)21)13-7-5-6-8-15(13)26-10-9-19(2,3)12-20/h5-8,11H,4,9-10H2,1-3H3,(H2,21,22,23). The van der Waals surface area contributed by atoms with Crippen molar-refractivity contribution in [2.24, 2.45) is 5.41 Å². The zero-order chi connectivity index (χ0) is 19.2. The fraction of sp³-hybridized carbons (Fsp3) is 0.368. The Balaban J connectivity index is 2.23. The Hall–Kier alpha value is -3.14. The van der Waals surface area contributed by atoms with Crippen LogP contribution in [0.3, 0.4) is 0 Å². The number of nitriles is 1. The average molecular weight is 354 g/mol. The van der Waals surface area contributed by atoms with Gasteiger partial charge in [0, 0.05) is 6.20 Å². The third-order valence-corrected chi connectivity index (χ3v) is 3.73. The van der Waals surface area contributed by atoms with Crippen molar-refractivity contribution in [3.8, 4) is 23.2 Å². The number of nitrogen functional groups attached to an aromatic ring is 1. The van der Waals surface area contributed by atoms with Crippen LogP contribution < -0.4 is 10.5 Å². The van der Waals surface area contributed by atoms with E-state index in [9.17, 15) is 4.79 Å². The molecule has 0 bridgehead atoms. The molecule has 0 spiro atoms. The molecule has 0 aliphatic heterocycles. The fourth-order valence-corrected chi connectivity index (χ4v) is 2.14. The van der Waals surface area contributed by atoms with Crippen LogP contribution in [-0.2, 0) is 4.74 Å². The minimum atomic E-state index is -0.556. The van der Waals surface area contributed by atoms with E-state index >= 15 is 0 Å². The van der Waals surface area contributed by atoms with Crippen LogP contribution in [0.2, 0.25) is 0 Å². The quantitative estimate of drug-likeness (QED) is 0.760. The molecule has 7 nitrogen and oxygen atoms in total. The number of rotatable bonds is 7. The van der Waals surface area contributed by atoms with Crippen molar-refractivity contribution >= 4 is 11.8 Å². The number of anilines is 1. The largest absolute Gasteiger partial charge is 0.493 e. The Labute approximate surface area is 152 Å². The van der Waals surface area contributed by atoms with Gasteiger partial charge in [-0.3, -0.25) is 0 Å². The van der Waals surface area contributed by atoms with Gasteiger partial charge in [-0.15, -0.1) is 0 Å². The molecule has 7 heteroatoms. The Morgan fingerprint density at radius 2 is 2.08 bits per heavy atom. The molecule has 2 rings (SSSR count). The van der Waals surface area contributed by atoms with Gasteiger partial charge in [0.05, 0.1) is 30.3 Å². The van der Waals surface area contributed by atoms with Crippen LogP contribution in [0.1, 0.15) is 37.6 Å². The number of hydrogen-bond donors (Lipinski definition) is 1. The van der Waals surface area contributed by atoms with Crippen molar-refractivity contribution in [2.75, 3.05) is 18.9 Å². The molecule has 1 heterocycles. The highest BCUT2D eigenvalue weighted by Crippen LogP contribution is 2.29. The maximum absolute atomic E-state index is 11.8. The van der Waals surface area contributed by atoms with Gasteiger partial charge < -0.3 is 15.2 Å². The van der Waals surface area contributed by atoms with E-state index < -0.39 is 11.4 Å². The molecule has 0 aliphatic carbocycles. The molecular weight excluding hydrogens is 332 g/mol. The van der Waals surface area contributed by atoms with Gasteiger partial charge in [-0.1, -0.05) is 12.1 Å². The summed E-state index contributed by atoms with van der Waals surface area (Å²) < 4.78 is 10.7. The molecule has 0 saturated carbocycles. The summed E-state index contributed by atoms with van der Waals surface area (Å²) in [5.41, 5.74) is 6.21. The molecule has 26 heavy (non-hydrogen) atoms. The minimum Gasteiger partial charge on any atom is -0.493 e. The van der Waals surface area contributed by atoms with E-state index in [0.29, 0.717) is 30.2 Å². The lowest BCUT2D eigenvalue weighted by Gasteiger charge is -2.16. The van der Waals surface area contributed by atoms with Crippen molar-refractivity contribution in [1.29, 1.82) is 5.26 Å². The van der Waals surface area contributed by atoms with Gasteiger partial charge in [-0.05, 0) is 39.3 Å². The normalized spacial score (nSPS) is 10.8. The van der Waals surface area contributed by atoms with Gasteiger partial charge >= 0.3 is 5.97 Å². The second-order valence-electron chi connectivity index (χ2n) is 6.30. The minimum absolute atomic E-state index is 0.0499. The van der Waals surface area contributed by atoms with E-state index in [4.69, 9.17) is 20.5 Å². The molecule has 0 aliphatic rings. The van der Waals surface area contributed by atoms with Gasteiger partial charge in [0.25, 0.3) is 0 Å². The van der Waals surface area contributed by atoms with Crippen molar-refractivity contribution < 1.29 is 14.3 Å². The highest BCUT2D eigenvalue weighted by molar-refractivity contribution is 5.94. The van der Waals surface area contributed by atoms with Crippen LogP contribution in [-0.4, -0.2) is 29.2 Å². The Morgan fingerprint density at radius 1 is 1.35 bits per heavy atom. The summed E-state index contributed by atoms with van der Waals surface area (Å²) in [5.74, 6) is 0.434. The van der Waals surface area contributed by atoms with Crippen LogP contribution in [0.4, 0.5) is 5.82 Å². The van der Waals surface area contributed by atoms with E-state index in [1.165, 1.54) is 6.20 Å². The lowest BCUT2D eigenvalue weighted by molar-refractivity contribution is 0.0527. The molecule has 0 amide bonds. The molecule has 136 valence electrons. The molecule has 2 aromatic rings. The maximum atomic E-state index is 11.8. The number of benzene rings is 1. The summed E-state index contributed by atoms with van der Waals surface area (Å²) in [5, 5.41) is 9.09. The van der Waals surface area contributed by atoms with Crippen molar-refractivity contribution in [2.45, 2.75) is 27.2 Å². The summed E-state index contributed by atoms with van der Waals surface area (Å²) >= 11 is 0. The summed E-state index contributed by atoms with van der Waals surface area (Å²) in [6, 6.07) is 9.52. The maximum Gasteiger partial charge on any atom is 0.343 e. The van der Waals surface area contributed by atoms with Gasteiger partial charge in [-0.25, -0.2) is 14.8 Å². The highest BCUT2D eigenvalue weighted by Gasteiger charge is 2.18. The highest BCUT2D eigenvalue weighted by atomic mass is 16.5. The van der Waals surface area contributed by atoms with Gasteiger partial charge in [0.15, 0.2) is 5.82 Å². The lowest BCUT2D eigenvalue weighted by Crippen LogP contribution is -2.13. The number of nitrogens with two attached hydrogens (primary N) is 1. The third kappa shape index (κ3) is 4.70. The van der Waals surface area contributed by atoms with Crippen molar-refractivity contribution in [3.63, 3.8) is 0 Å². The number of ether oxygens (including phenoxy) is 2. The Kier molecular flexibility index (Phi) is 6.12. The third-order valence-electron chi connectivity index (χ3n) is 3.73. The predicted molar refractivity (Wildman–Crippen MR) is 97.3 cm³/mol. The van der Waals surface area contributed by atoms with Crippen LogP contribution in [0.5, 0.6) is 5.75 Å². The average Bonchev–Trinajstić information content (AvgIpc) is 2.62. The summed E-state index contributed by atoms with van der Waals surface area (Å²) in [7, 11) is 0. The van der Waals surface area contributed by atoms with Crippen molar-refractivity contribution in [1.82, 2.24) is 9.97 Å². The van der Waals surface area contributed by atoms with E-state index in [-0.39, 0.29) is 18.0 Å². The van der Waals surface area contributed by atoms with Gasteiger partial charge in [0.1, 0.15) is 17.1 Å². The predicted octanol–water partition coefficient (Wildman–Crippen LogP) is 3.22. The number of nitrogens with zero attached hydrogens (tertiary/aromatic N) is 3.